The van der Waals surface area contributed by atoms with Crippen LogP contribution in [0.2, 0.25) is 0 Å². The van der Waals surface area contributed by atoms with Gasteiger partial charge in [0.25, 0.3) is 5.91 Å². The first-order chi connectivity index (χ1) is 17.6. The maximum atomic E-state index is 14.4. The van der Waals surface area contributed by atoms with Gasteiger partial charge in [0.15, 0.2) is 5.13 Å². The molecule has 36 heavy (non-hydrogen) atoms. The normalized spacial score (nSPS) is 11.3. The predicted molar refractivity (Wildman–Crippen MR) is 149 cm³/mol. The third kappa shape index (κ3) is 4.06. The van der Waals surface area contributed by atoms with Crippen LogP contribution in [0.3, 0.4) is 0 Å². The summed E-state index contributed by atoms with van der Waals surface area (Å²) in [4.78, 5) is 31.4. The first kappa shape index (κ1) is 22.5. The highest BCUT2D eigenvalue weighted by Gasteiger charge is 2.25. The molecule has 6 aromatic rings. The lowest BCUT2D eigenvalue weighted by Crippen LogP contribution is -2.31. The Hall–Kier alpha value is -3.94. The summed E-state index contributed by atoms with van der Waals surface area (Å²) < 4.78 is 1.06. The lowest BCUT2D eigenvalue weighted by molar-refractivity contribution is 0.0986. The summed E-state index contributed by atoms with van der Waals surface area (Å²) in [5, 5.41) is 3.50. The maximum absolute atomic E-state index is 14.4. The summed E-state index contributed by atoms with van der Waals surface area (Å²) >= 11 is 3.14. The Balaban J connectivity index is 1.53. The Labute approximate surface area is 216 Å². The molecule has 0 aliphatic heterocycles. The number of hydrogen-bond acceptors (Lipinski definition) is 6. The van der Waals surface area contributed by atoms with Crippen molar-refractivity contribution in [3.63, 3.8) is 0 Å². The van der Waals surface area contributed by atoms with Crippen molar-refractivity contribution < 1.29 is 4.79 Å². The average Bonchev–Trinajstić information content (AvgIpc) is 3.60. The number of benzene rings is 2. The average molecular weight is 507 g/mol. The molecule has 0 fully saturated rings. The van der Waals surface area contributed by atoms with Crippen LogP contribution in [-0.4, -0.2) is 20.9 Å². The smallest absolute Gasteiger partial charge is 0.261 e. The Morgan fingerprint density at radius 1 is 0.944 bits per heavy atom. The molecule has 0 aliphatic rings. The lowest BCUT2D eigenvalue weighted by Gasteiger charge is -2.21. The van der Waals surface area contributed by atoms with Gasteiger partial charge in [-0.25, -0.2) is 9.97 Å². The van der Waals surface area contributed by atoms with E-state index in [2.05, 4.69) is 31.0 Å². The number of amides is 1. The number of thiazole rings is 1. The minimum absolute atomic E-state index is 0.120. The van der Waals surface area contributed by atoms with Gasteiger partial charge in [-0.15, -0.1) is 11.3 Å². The third-order valence-corrected chi connectivity index (χ3v) is 8.25. The zero-order chi connectivity index (χ0) is 24.6. The second-order valence-corrected chi connectivity index (χ2v) is 10.6. The van der Waals surface area contributed by atoms with Crippen LogP contribution in [-0.2, 0) is 6.54 Å². The zero-order valence-corrected chi connectivity index (χ0v) is 21.4. The monoisotopic (exact) mass is 506 g/mol. The SMILES string of the molecule is Cc1ccc2sc(N(Cc3ccccn3)C(=O)c3cc(-c4cccs4)nc4ccccc34)nc2c1C. The first-order valence-electron chi connectivity index (χ1n) is 11.6. The van der Waals surface area contributed by atoms with E-state index in [9.17, 15) is 4.79 Å². The zero-order valence-electron chi connectivity index (χ0n) is 19.8. The van der Waals surface area contributed by atoms with Gasteiger partial charge in [0.05, 0.1) is 44.1 Å². The second-order valence-electron chi connectivity index (χ2n) is 8.61. The molecule has 1 amide bonds. The first-order valence-corrected chi connectivity index (χ1v) is 13.3. The van der Waals surface area contributed by atoms with Crippen molar-refractivity contribution >= 4 is 54.8 Å². The number of para-hydroxylation sites is 1. The number of nitrogens with zero attached hydrogens (tertiary/aromatic N) is 4. The molecule has 0 bridgehead atoms. The van der Waals surface area contributed by atoms with E-state index < -0.39 is 0 Å². The van der Waals surface area contributed by atoms with E-state index in [0.717, 1.165) is 42.9 Å². The minimum atomic E-state index is -0.120. The highest BCUT2D eigenvalue weighted by Crippen LogP contribution is 2.35. The number of pyridine rings is 2. The van der Waals surface area contributed by atoms with Crippen molar-refractivity contribution in [3.05, 3.63) is 107 Å². The van der Waals surface area contributed by atoms with Crippen LogP contribution in [0.4, 0.5) is 5.13 Å². The van der Waals surface area contributed by atoms with Crippen molar-refractivity contribution in [1.29, 1.82) is 0 Å². The highest BCUT2D eigenvalue weighted by molar-refractivity contribution is 7.22. The van der Waals surface area contributed by atoms with Crippen molar-refractivity contribution in [3.8, 4) is 10.6 Å². The fraction of sp³-hybridized carbons (Fsp3) is 0.103. The largest absolute Gasteiger partial charge is 0.278 e. The number of anilines is 1. The van der Waals surface area contributed by atoms with Crippen LogP contribution < -0.4 is 4.90 Å². The molecule has 4 heterocycles. The Bertz CT molecular complexity index is 1710. The van der Waals surface area contributed by atoms with Crippen molar-refractivity contribution in [2.75, 3.05) is 4.90 Å². The molecule has 2 aromatic carbocycles. The fourth-order valence-corrected chi connectivity index (χ4v) is 5.97. The van der Waals surface area contributed by atoms with Crippen LogP contribution in [0.15, 0.2) is 84.4 Å². The molecule has 5 nitrogen and oxygen atoms in total. The fourth-order valence-electron chi connectivity index (χ4n) is 4.26. The van der Waals surface area contributed by atoms with Gasteiger partial charge in [-0.1, -0.05) is 47.7 Å². The molecule has 0 spiro atoms. The molecule has 0 atom stereocenters. The Morgan fingerprint density at radius 3 is 2.61 bits per heavy atom. The highest BCUT2D eigenvalue weighted by atomic mass is 32.1. The van der Waals surface area contributed by atoms with Crippen LogP contribution in [0, 0.1) is 13.8 Å². The van der Waals surface area contributed by atoms with E-state index in [4.69, 9.17) is 9.97 Å². The molecule has 0 radical (unpaired) electrons. The summed E-state index contributed by atoms with van der Waals surface area (Å²) in [7, 11) is 0. The maximum Gasteiger partial charge on any atom is 0.261 e. The summed E-state index contributed by atoms with van der Waals surface area (Å²) in [5.74, 6) is -0.120. The summed E-state index contributed by atoms with van der Waals surface area (Å²) in [6.07, 6.45) is 1.75. The molecule has 0 saturated carbocycles. The predicted octanol–water partition coefficient (Wildman–Crippen LogP) is 7.43. The summed E-state index contributed by atoms with van der Waals surface area (Å²) in [5.41, 5.74) is 6.24. The molecule has 176 valence electrons. The molecule has 0 aliphatic carbocycles. The molecule has 0 unspecified atom stereocenters. The quantitative estimate of drug-likeness (QED) is 0.244. The lowest BCUT2D eigenvalue weighted by atomic mass is 10.1. The van der Waals surface area contributed by atoms with Crippen LogP contribution >= 0.6 is 22.7 Å². The van der Waals surface area contributed by atoms with Gasteiger partial charge < -0.3 is 0 Å². The number of thiophene rings is 1. The number of carbonyl (C=O) groups is 1. The molecule has 6 rings (SSSR count). The van der Waals surface area contributed by atoms with Gasteiger partial charge in [-0.2, -0.15) is 0 Å². The molecule has 4 aromatic heterocycles. The second kappa shape index (κ2) is 9.26. The van der Waals surface area contributed by atoms with E-state index in [-0.39, 0.29) is 5.91 Å². The van der Waals surface area contributed by atoms with Crippen molar-refractivity contribution in [1.82, 2.24) is 15.0 Å². The molecular formula is C29H22N4OS2. The number of aryl methyl sites for hydroxylation is 2. The van der Waals surface area contributed by atoms with E-state index in [1.807, 2.05) is 66.0 Å². The van der Waals surface area contributed by atoms with Crippen LogP contribution in [0.1, 0.15) is 27.2 Å². The van der Waals surface area contributed by atoms with E-state index in [1.54, 1.807) is 22.4 Å². The van der Waals surface area contributed by atoms with Gasteiger partial charge >= 0.3 is 0 Å². The number of carbonyl (C=O) groups excluding carboxylic acids is 1. The number of rotatable bonds is 5. The summed E-state index contributed by atoms with van der Waals surface area (Å²) in [6, 6.07) is 23.7. The van der Waals surface area contributed by atoms with Gasteiger partial charge in [0, 0.05) is 11.6 Å². The van der Waals surface area contributed by atoms with Crippen molar-refractivity contribution in [2.45, 2.75) is 20.4 Å². The third-order valence-electron chi connectivity index (χ3n) is 6.32. The summed E-state index contributed by atoms with van der Waals surface area (Å²) in [6.45, 7) is 4.48. The molecule has 0 N–H and O–H groups in total. The van der Waals surface area contributed by atoms with Gasteiger partial charge in [-0.3, -0.25) is 14.7 Å². The Kier molecular flexibility index (Phi) is 5.79. The van der Waals surface area contributed by atoms with Gasteiger partial charge in [-0.05, 0) is 66.8 Å². The van der Waals surface area contributed by atoms with E-state index in [1.165, 1.54) is 16.9 Å². The van der Waals surface area contributed by atoms with Gasteiger partial charge in [0.1, 0.15) is 0 Å². The van der Waals surface area contributed by atoms with E-state index in [0.29, 0.717) is 17.2 Å². The van der Waals surface area contributed by atoms with E-state index >= 15 is 0 Å². The molecular weight excluding hydrogens is 484 g/mol. The van der Waals surface area contributed by atoms with Crippen LogP contribution in [0.5, 0.6) is 0 Å². The number of fused-ring (bicyclic) bond motifs is 2. The Morgan fingerprint density at radius 2 is 1.81 bits per heavy atom. The molecule has 0 saturated heterocycles. The van der Waals surface area contributed by atoms with Crippen molar-refractivity contribution in [2.24, 2.45) is 0 Å². The van der Waals surface area contributed by atoms with Crippen LogP contribution in [0.25, 0.3) is 31.7 Å². The van der Waals surface area contributed by atoms with Gasteiger partial charge in [0.2, 0.25) is 0 Å². The number of hydrogen-bond donors (Lipinski definition) is 0. The molecule has 7 heteroatoms. The standard InChI is InChI=1S/C29H22N4OS2/c1-18-12-13-26-27(19(18)2)32-29(36-26)33(17-20-8-5-6-14-30-20)28(34)22-16-24(25-11-7-15-35-25)31-23-10-4-3-9-21(22)23/h3-16H,17H2,1-2H3. The number of aromatic nitrogens is 3. The minimum Gasteiger partial charge on any atom is -0.278 e. The topological polar surface area (TPSA) is 59.0 Å².